The van der Waals surface area contributed by atoms with Crippen molar-refractivity contribution in [2.75, 3.05) is 0 Å². The second-order valence-corrected chi connectivity index (χ2v) is 4.08. The van der Waals surface area contributed by atoms with E-state index in [1.807, 2.05) is 36.4 Å². The maximum Gasteiger partial charge on any atom is 0.344 e. The largest absolute Gasteiger partial charge is 0.344 e. The second kappa shape index (κ2) is 4.67. The average molecular weight is 232 g/mol. The molecule has 1 aromatic carbocycles. The number of thiazole rings is 1. The molecule has 2 rings (SSSR count). The summed E-state index contributed by atoms with van der Waals surface area (Å²) >= 11 is 1.06. The molecule has 0 aliphatic heterocycles. The van der Waals surface area contributed by atoms with E-state index in [-0.39, 0.29) is 5.00 Å². The maximum absolute atomic E-state index is 10.4. The van der Waals surface area contributed by atoms with Gasteiger partial charge in [0.1, 0.15) is 11.2 Å². The van der Waals surface area contributed by atoms with Crippen LogP contribution in [0.25, 0.3) is 12.2 Å². The van der Waals surface area contributed by atoms with Gasteiger partial charge in [-0.15, -0.1) is 0 Å². The van der Waals surface area contributed by atoms with Gasteiger partial charge in [0.25, 0.3) is 0 Å². The lowest BCUT2D eigenvalue weighted by Gasteiger charge is -1.88. The van der Waals surface area contributed by atoms with Crippen molar-refractivity contribution in [3.05, 3.63) is 57.2 Å². The molecule has 0 atom stereocenters. The summed E-state index contributed by atoms with van der Waals surface area (Å²) in [7, 11) is 0. The van der Waals surface area contributed by atoms with E-state index in [0.717, 1.165) is 16.9 Å². The smallest absolute Gasteiger partial charge is 0.257 e. The van der Waals surface area contributed by atoms with Crippen LogP contribution in [0.15, 0.2) is 36.5 Å². The normalized spacial score (nSPS) is 10.8. The molecule has 0 bridgehead atoms. The number of nitro groups is 1. The first-order valence-electron chi connectivity index (χ1n) is 4.59. The summed E-state index contributed by atoms with van der Waals surface area (Å²) in [4.78, 5) is 13.9. The molecular formula is C11H8N2O2S. The standard InChI is InChI=1S/C11H8N2O2S/c14-13(15)11-8-12-10(16-11)7-6-9-4-2-1-3-5-9/h1-8H. The molecule has 0 radical (unpaired) electrons. The van der Waals surface area contributed by atoms with Crippen LogP contribution in [0.2, 0.25) is 0 Å². The minimum absolute atomic E-state index is 0.0627. The van der Waals surface area contributed by atoms with E-state index >= 15 is 0 Å². The van der Waals surface area contributed by atoms with Gasteiger partial charge in [0, 0.05) is 0 Å². The zero-order valence-corrected chi connectivity index (χ0v) is 9.05. The number of hydrogen-bond acceptors (Lipinski definition) is 4. The summed E-state index contributed by atoms with van der Waals surface area (Å²) < 4.78 is 0. The highest BCUT2D eigenvalue weighted by Crippen LogP contribution is 2.22. The molecule has 0 fully saturated rings. The molecule has 1 heterocycles. The molecule has 0 amide bonds. The van der Waals surface area contributed by atoms with Crippen LogP contribution >= 0.6 is 11.3 Å². The van der Waals surface area contributed by atoms with Gasteiger partial charge < -0.3 is 0 Å². The molecule has 1 aromatic heterocycles. The molecule has 0 aliphatic rings. The van der Waals surface area contributed by atoms with Crippen molar-refractivity contribution in [3.63, 3.8) is 0 Å². The van der Waals surface area contributed by atoms with Crippen LogP contribution in [0.5, 0.6) is 0 Å². The van der Waals surface area contributed by atoms with Crippen molar-refractivity contribution in [2.45, 2.75) is 0 Å². The van der Waals surface area contributed by atoms with Crippen molar-refractivity contribution < 1.29 is 4.92 Å². The predicted octanol–water partition coefficient (Wildman–Crippen LogP) is 3.22. The number of benzene rings is 1. The van der Waals surface area contributed by atoms with E-state index in [1.54, 1.807) is 6.08 Å². The molecule has 0 spiro atoms. The van der Waals surface area contributed by atoms with Gasteiger partial charge >= 0.3 is 5.00 Å². The van der Waals surface area contributed by atoms with Crippen molar-refractivity contribution in [1.29, 1.82) is 0 Å². The number of rotatable bonds is 3. The Hall–Kier alpha value is -2.01. The Morgan fingerprint density at radius 2 is 2.00 bits per heavy atom. The highest BCUT2D eigenvalue weighted by atomic mass is 32.1. The van der Waals surface area contributed by atoms with Crippen LogP contribution in [-0.2, 0) is 0 Å². The summed E-state index contributed by atoms with van der Waals surface area (Å²) in [5.74, 6) is 0. The van der Waals surface area contributed by atoms with Gasteiger partial charge in [0.05, 0.1) is 4.92 Å². The SMILES string of the molecule is O=[N+]([O-])c1cnc(C=Cc2ccccc2)s1. The molecule has 2 aromatic rings. The molecule has 0 unspecified atom stereocenters. The lowest BCUT2D eigenvalue weighted by Crippen LogP contribution is -1.80. The van der Waals surface area contributed by atoms with Gasteiger partial charge in [-0.1, -0.05) is 36.4 Å². The summed E-state index contributed by atoms with van der Waals surface area (Å²) in [6, 6.07) is 9.72. The van der Waals surface area contributed by atoms with E-state index in [0.29, 0.717) is 5.01 Å². The first kappa shape index (κ1) is 10.5. The number of hydrogen-bond donors (Lipinski definition) is 0. The summed E-state index contributed by atoms with van der Waals surface area (Å²) in [6.07, 6.45) is 4.92. The van der Waals surface area contributed by atoms with Crippen LogP contribution in [0.4, 0.5) is 5.00 Å². The molecule has 0 N–H and O–H groups in total. The van der Waals surface area contributed by atoms with Gasteiger partial charge in [-0.05, 0) is 23.0 Å². The van der Waals surface area contributed by atoms with Crippen molar-refractivity contribution >= 4 is 28.5 Å². The number of nitrogens with zero attached hydrogens (tertiary/aromatic N) is 2. The summed E-state index contributed by atoms with van der Waals surface area (Å²) in [6.45, 7) is 0. The van der Waals surface area contributed by atoms with Crippen molar-refractivity contribution in [3.8, 4) is 0 Å². The van der Waals surface area contributed by atoms with Gasteiger partial charge in [-0.25, -0.2) is 4.98 Å². The summed E-state index contributed by atoms with van der Waals surface area (Å²) in [5.41, 5.74) is 1.04. The Balaban J connectivity index is 2.15. The Morgan fingerprint density at radius 1 is 1.25 bits per heavy atom. The van der Waals surface area contributed by atoms with Gasteiger partial charge in [0.2, 0.25) is 0 Å². The predicted molar refractivity (Wildman–Crippen MR) is 64.1 cm³/mol. The number of aromatic nitrogens is 1. The first-order chi connectivity index (χ1) is 7.75. The highest BCUT2D eigenvalue weighted by Gasteiger charge is 2.08. The van der Waals surface area contributed by atoms with E-state index < -0.39 is 4.92 Å². The van der Waals surface area contributed by atoms with Gasteiger partial charge in [-0.3, -0.25) is 10.1 Å². The Morgan fingerprint density at radius 3 is 2.62 bits per heavy atom. The fourth-order valence-corrected chi connectivity index (χ4v) is 1.81. The van der Waals surface area contributed by atoms with Crippen LogP contribution in [0.3, 0.4) is 0 Å². The van der Waals surface area contributed by atoms with Crippen LogP contribution in [-0.4, -0.2) is 9.91 Å². The Labute approximate surface area is 96.0 Å². The van der Waals surface area contributed by atoms with Crippen LogP contribution in [0, 0.1) is 10.1 Å². The van der Waals surface area contributed by atoms with E-state index in [4.69, 9.17) is 0 Å². The first-order valence-corrected chi connectivity index (χ1v) is 5.41. The fraction of sp³-hybridized carbons (Fsp3) is 0. The lowest BCUT2D eigenvalue weighted by molar-refractivity contribution is -0.380. The van der Waals surface area contributed by atoms with E-state index in [2.05, 4.69) is 4.98 Å². The quantitative estimate of drug-likeness (QED) is 0.603. The average Bonchev–Trinajstić information content (AvgIpc) is 2.76. The third-order valence-electron chi connectivity index (χ3n) is 1.91. The molecular weight excluding hydrogens is 224 g/mol. The summed E-state index contributed by atoms with van der Waals surface area (Å²) in [5, 5.41) is 11.1. The topological polar surface area (TPSA) is 56.0 Å². The molecule has 4 nitrogen and oxygen atoms in total. The molecule has 0 saturated carbocycles. The molecule has 0 saturated heterocycles. The monoisotopic (exact) mass is 232 g/mol. The van der Waals surface area contributed by atoms with Gasteiger partial charge in [0.15, 0.2) is 0 Å². The molecule has 0 aliphatic carbocycles. The fourth-order valence-electron chi connectivity index (χ4n) is 1.17. The third-order valence-corrected chi connectivity index (χ3v) is 2.82. The highest BCUT2D eigenvalue weighted by molar-refractivity contribution is 7.15. The zero-order chi connectivity index (χ0) is 11.4. The Kier molecular flexibility index (Phi) is 3.07. The lowest BCUT2D eigenvalue weighted by atomic mass is 10.2. The van der Waals surface area contributed by atoms with Crippen LogP contribution < -0.4 is 0 Å². The van der Waals surface area contributed by atoms with Gasteiger partial charge in [-0.2, -0.15) is 0 Å². The third kappa shape index (κ3) is 2.52. The molecule has 5 heteroatoms. The molecule has 80 valence electrons. The van der Waals surface area contributed by atoms with Crippen LogP contribution in [0.1, 0.15) is 10.6 Å². The minimum atomic E-state index is -0.433. The molecule has 16 heavy (non-hydrogen) atoms. The van der Waals surface area contributed by atoms with Crippen molar-refractivity contribution in [2.24, 2.45) is 0 Å². The maximum atomic E-state index is 10.4. The zero-order valence-electron chi connectivity index (χ0n) is 8.24. The minimum Gasteiger partial charge on any atom is -0.257 e. The Bertz CT molecular complexity index is 520. The van der Waals surface area contributed by atoms with E-state index in [9.17, 15) is 10.1 Å². The second-order valence-electron chi connectivity index (χ2n) is 3.04. The van der Waals surface area contributed by atoms with Crippen molar-refractivity contribution in [1.82, 2.24) is 4.98 Å². The van der Waals surface area contributed by atoms with E-state index in [1.165, 1.54) is 6.20 Å².